The lowest BCUT2D eigenvalue weighted by molar-refractivity contribution is 0.605. The fraction of sp³-hybridized carbons (Fsp3) is 0.545. The van der Waals surface area contributed by atoms with Crippen LogP contribution >= 0.6 is 0 Å². The summed E-state index contributed by atoms with van der Waals surface area (Å²) < 4.78 is 2.75. The molecule has 2 rings (SSSR count). The molecular formula is C11H16N4O2. The minimum absolute atomic E-state index is 0.288. The van der Waals surface area contributed by atoms with Crippen LogP contribution in [0.4, 0.5) is 0 Å². The summed E-state index contributed by atoms with van der Waals surface area (Å²) in [5, 5.41) is 0. The molecular weight excluding hydrogens is 220 g/mol. The first-order valence-corrected chi connectivity index (χ1v) is 5.86. The number of hydrogen-bond donors (Lipinski definition) is 1. The zero-order valence-electron chi connectivity index (χ0n) is 10.3. The van der Waals surface area contributed by atoms with Crippen molar-refractivity contribution in [2.45, 2.75) is 40.3 Å². The summed E-state index contributed by atoms with van der Waals surface area (Å²) in [6.07, 6.45) is 0.706. The Kier molecular flexibility index (Phi) is 2.87. The van der Waals surface area contributed by atoms with E-state index in [0.29, 0.717) is 30.7 Å². The molecule has 0 aromatic carbocycles. The van der Waals surface area contributed by atoms with Crippen LogP contribution in [0.1, 0.15) is 26.6 Å². The smallest absolute Gasteiger partial charge is 0.332 e. The molecule has 1 N–H and O–H groups in total. The van der Waals surface area contributed by atoms with Gasteiger partial charge in [0.05, 0.1) is 0 Å². The number of rotatable bonds is 3. The molecule has 6 heteroatoms. The van der Waals surface area contributed by atoms with Crippen LogP contribution in [0.25, 0.3) is 11.2 Å². The van der Waals surface area contributed by atoms with Gasteiger partial charge in [0.2, 0.25) is 0 Å². The van der Waals surface area contributed by atoms with Gasteiger partial charge in [-0.05, 0) is 13.8 Å². The van der Waals surface area contributed by atoms with Crippen LogP contribution in [0.5, 0.6) is 0 Å². The van der Waals surface area contributed by atoms with E-state index >= 15 is 0 Å². The molecule has 0 aliphatic carbocycles. The molecule has 0 atom stereocenters. The Morgan fingerprint density at radius 1 is 1.12 bits per heavy atom. The second kappa shape index (κ2) is 4.20. The van der Waals surface area contributed by atoms with Crippen molar-refractivity contribution in [2.75, 3.05) is 0 Å². The van der Waals surface area contributed by atoms with Crippen molar-refractivity contribution >= 4 is 11.2 Å². The molecule has 17 heavy (non-hydrogen) atoms. The molecule has 2 heterocycles. The molecule has 0 unspecified atom stereocenters. The van der Waals surface area contributed by atoms with Crippen molar-refractivity contribution in [1.82, 2.24) is 19.1 Å². The highest BCUT2D eigenvalue weighted by atomic mass is 16.2. The molecule has 0 aliphatic heterocycles. The number of hydrogen-bond acceptors (Lipinski definition) is 3. The summed E-state index contributed by atoms with van der Waals surface area (Å²) in [5.41, 5.74) is 0.306. The number of aromatic amines is 1. The molecule has 92 valence electrons. The number of imidazole rings is 1. The van der Waals surface area contributed by atoms with Crippen LogP contribution in [0, 0.1) is 0 Å². The summed E-state index contributed by atoms with van der Waals surface area (Å²) in [6, 6.07) is 0. The van der Waals surface area contributed by atoms with E-state index in [9.17, 15) is 9.59 Å². The van der Waals surface area contributed by atoms with Crippen molar-refractivity contribution < 1.29 is 0 Å². The maximum atomic E-state index is 12.1. The van der Waals surface area contributed by atoms with Crippen LogP contribution in [-0.2, 0) is 19.5 Å². The van der Waals surface area contributed by atoms with E-state index in [-0.39, 0.29) is 11.2 Å². The second-order valence-corrected chi connectivity index (χ2v) is 3.81. The van der Waals surface area contributed by atoms with Crippen LogP contribution in [0.2, 0.25) is 0 Å². The summed E-state index contributed by atoms with van der Waals surface area (Å²) in [4.78, 5) is 31.4. The first-order valence-electron chi connectivity index (χ1n) is 5.86. The van der Waals surface area contributed by atoms with Crippen molar-refractivity contribution in [3.8, 4) is 0 Å². The summed E-state index contributed by atoms with van der Waals surface area (Å²) in [7, 11) is 0. The first kappa shape index (κ1) is 11.6. The Morgan fingerprint density at radius 3 is 2.29 bits per heavy atom. The van der Waals surface area contributed by atoms with Gasteiger partial charge in [-0.2, -0.15) is 0 Å². The highest BCUT2D eigenvalue weighted by Crippen LogP contribution is 2.05. The Hall–Kier alpha value is -1.85. The molecule has 2 aromatic rings. The highest BCUT2D eigenvalue weighted by Gasteiger charge is 2.14. The number of nitrogens with zero attached hydrogens (tertiary/aromatic N) is 3. The molecule has 2 aromatic heterocycles. The van der Waals surface area contributed by atoms with Crippen molar-refractivity contribution in [3.05, 3.63) is 26.7 Å². The standard InChI is InChI=1S/C11H16N4O2/c1-4-7-12-8-9(13-7)14(5-2)11(17)15(6-3)10(8)16/h4-6H2,1-3H3,(H,12,13). The maximum absolute atomic E-state index is 12.1. The van der Waals surface area contributed by atoms with E-state index in [4.69, 9.17) is 0 Å². The average molecular weight is 236 g/mol. The average Bonchev–Trinajstić information content (AvgIpc) is 2.74. The number of H-pyrrole nitrogens is 1. The van der Waals surface area contributed by atoms with Crippen molar-refractivity contribution in [1.29, 1.82) is 0 Å². The quantitative estimate of drug-likeness (QED) is 0.842. The largest absolute Gasteiger partial charge is 0.336 e. The Bertz CT molecular complexity index is 662. The van der Waals surface area contributed by atoms with Gasteiger partial charge in [0, 0.05) is 19.5 Å². The molecule has 0 saturated carbocycles. The van der Waals surface area contributed by atoms with Crippen molar-refractivity contribution in [3.63, 3.8) is 0 Å². The lowest BCUT2D eigenvalue weighted by Gasteiger charge is -2.06. The Labute approximate surface area is 97.9 Å². The lowest BCUT2D eigenvalue weighted by atomic mass is 10.5. The number of aromatic nitrogens is 4. The molecule has 0 radical (unpaired) electrons. The zero-order chi connectivity index (χ0) is 12.6. The Balaban J connectivity index is 2.98. The number of fused-ring (bicyclic) bond motifs is 1. The number of nitrogens with one attached hydrogen (secondary N) is 1. The van der Waals surface area contributed by atoms with E-state index in [1.807, 2.05) is 13.8 Å². The minimum atomic E-state index is -0.290. The second-order valence-electron chi connectivity index (χ2n) is 3.81. The fourth-order valence-electron chi connectivity index (χ4n) is 1.95. The molecule has 0 aliphatic rings. The lowest BCUT2D eigenvalue weighted by Crippen LogP contribution is -2.39. The maximum Gasteiger partial charge on any atom is 0.332 e. The third-order valence-corrected chi connectivity index (χ3v) is 2.88. The molecule has 0 fully saturated rings. The predicted molar refractivity (Wildman–Crippen MR) is 65.3 cm³/mol. The van der Waals surface area contributed by atoms with Gasteiger partial charge >= 0.3 is 5.69 Å². The van der Waals surface area contributed by atoms with Gasteiger partial charge in [-0.25, -0.2) is 9.78 Å². The topological polar surface area (TPSA) is 72.7 Å². The van der Waals surface area contributed by atoms with E-state index < -0.39 is 0 Å². The van der Waals surface area contributed by atoms with Crippen LogP contribution in [-0.4, -0.2) is 19.1 Å². The Morgan fingerprint density at radius 2 is 1.76 bits per heavy atom. The molecule has 6 nitrogen and oxygen atoms in total. The summed E-state index contributed by atoms with van der Waals surface area (Å²) in [5.74, 6) is 0.729. The van der Waals surface area contributed by atoms with E-state index in [0.717, 1.165) is 5.82 Å². The summed E-state index contributed by atoms with van der Waals surface area (Å²) in [6.45, 7) is 6.47. The van der Waals surface area contributed by atoms with Crippen LogP contribution < -0.4 is 11.2 Å². The number of aryl methyl sites for hydroxylation is 2. The predicted octanol–water partition coefficient (Wildman–Crippen LogP) is 0.488. The van der Waals surface area contributed by atoms with Gasteiger partial charge in [0.15, 0.2) is 5.65 Å². The highest BCUT2D eigenvalue weighted by molar-refractivity contribution is 5.69. The third-order valence-electron chi connectivity index (χ3n) is 2.88. The summed E-state index contributed by atoms with van der Waals surface area (Å²) >= 11 is 0. The van der Waals surface area contributed by atoms with Crippen LogP contribution in [0.15, 0.2) is 9.59 Å². The van der Waals surface area contributed by atoms with E-state index in [1.54, 1.807) is 6.92 Å². The zero-order valence-corrected chi connectivity index (χ0v) is 10.3. The van der Waals surface area contributed by atoms with E-state index in [1.165, 1.54) is 9.13 Å². The van der Waals surface area contributed by atoms with E-state index in [2.05, 4.69) is 9.97 Å². The van der Waals surface area contributed by atoms with Gasteiger partial charge in [-0.3, -0.25) is 13.9 Å². The van der Waals surface area contributed by atoms with Gasteiger partial charge in [0.1, 0.15) is 11.3 Å². The first-order chi connectivity index (χ1) is 8.13. The SMILES string of the molecule is CCc1nc2c([nH]1)c(=O)n(CC)c(=O)n2CC. The van der Waals surface area contributed by atoms with Crippen LogP contribution in [0.3, 0.4) is 0 Å². The van der Waals surface area contributed by atoms with Crippen molar-refractivity contribution in [2.24, 2.45) is 0 Å². The van der Waals surface area contributed by atoms with Gasteiger partial charge in [-0.1, -0.05) is 6.92 Å². The fourth-order valence-corrected chi connectivity index (χ4v) is 1.95. The molecule has 0 spiro atoms. The van der Waals surface area contributed by atoms with Gasteiger partial charge in [0.25, 0.3) is 5.56 Å². The van der Waals surface area contributed by atoms with Gasteiger partial charge in [-0.15, -0.1) is 0 Å². The molecule has 0 bridgehead atoms. The monoisotopic (exact) mass is 236 g/mol. The third kappa shape index (κ3) is 1.60. The molecule has 0 saturated heterocycles. The molecule has 0 amide bonds. The normalized spacial score (nSPS) is 11.2. The minimum Gasteiger partial charge on any atom is -0.336 e. The van der Waals surface area contributed by atoms with Gasteiger partial charge < -0.3 is 4.98 Å².